The lowest BCUT2D eigenvalue weighted by Crippen LogP contribution is -2.41. The molecule has 1 saturated carbocycles. The molecule has 1 aliphatic carbocycles. The summed E-state index contributed by atoms with van der Waals surface area (Å²) in [4.78, 5) is 37.5. The van der Waals surface area contributed by atoms with E-state index in [-0.39, 0.29) is 18.7 Å². The first-order valence-electron chi connectivity index (χ1n) is 6.21. The van der Waals surface area contributed by atoms with E-state index < -0.39 is 23.8 Å². The van der Waals surface area contributed by atoms with E-state index in [9.17, 15) is 14.4 Å². The molecule has 0 spiro atoms. The van der Waals surface area contributed by atoms with Crippen molar-refractivity contribution in [3.05, 3.63) is 11.6 Å². The molecule has 0 radical (unpaired) electrons. The number of aliphatic carboxylic acids is 1. The Kier molecular flexibility index (Phi) is 3.97. The van der Waals surface area contributed by atoms with E-state index in [2.05, 4.69) is 20.5 Å². The number of carboxylic acid groups (broad SMARTS) is 1. The quantitative estimate of drug-likeness (QED) is 0.510. The number of aromatic nitrogens is 3. The third-order valence-corrected chi connectivity index (χ3v) is 2.95. The van der Waals surface area contributed by atoms with Crippen molar-refractivity contribution in [3.8, 4) is 0 Å². The van der Waals surface area contributed by atoms with E-state index in [4.69, 9.17) is 10.8 Å². The summed E-state index contributed by atoms with van der Waals surface area (Å²) in [6, 6.07) is -1.20. The minimum atomic E-state index is -1.24. The number of amides is 2. The van der Waals surface area contributed by atoms with Crippen molar-refractivity contribution in [1.29, 1.82) is 0 Å². The molecule has 1 aliphatic rings. The highest BCUT2D eigenvalue weighted by atomic mass is 16.4. The second kappa shape index (κ2) is 5.68. The Labute approximate surface area is 113 Å². The maximum atomic E-state index is 11.8. The lowest BCUT2D eigenvalue weighted by Gasteiger charge is -2.11. The lowest BCUT2D eigenvalue weighted by atomic mass is 10.1. The average molecular weight is 281 g/mol. The third kappa shape index (κ3) is 3.53. The van der Waals surface area contributed by atoms with Crippen molar-refractivity contribution in [2.24, 2.45) is 5.73 Å². The minimum absolute atomic E-state index is 0.0731. The first-order valence-corrected chi connectivity index (χ1v) is 6.21. The second-order valence-electron chi connectivity index (χ2n) is 4.69. The van der Waals surface area contributed by atoms with Crippen molar-refractivity contribution in [2.45, 2.75) is 37.6 Å². The van der Waals surface area contributed by atoms with Gasteiger partial charge in [-0.2, -0.15) is 0 Å². The molecule has 1 atom stereocenters. The zero-order valence-electron chi connectivity index (χ0n) is 10.6. The van der Waals surface area contributed by atoms with Gasteiger partial charge < -0.3 is 16.2 Å². The lowest BCUT2D eigenvalue weighted by molar-refractivity contribution is -0.139. The molecule has 0 bridgehead atoms. The molecule has 20 heavy (non-hydrogen) atoms. The van der Waals surface area contributed by atoms with Crippen molar-refractivity contribution < 1.29 is 19.5 Å². The average Bonchev–Trinajstić information content (AvgIpc) is 3.11. The highest BCUT2D eigenvalue weighted by Gasteiger charge is 2.29. The summed E-state index contributed by atoms with van der Waals surface area (Å²) in [5.74, 6) is -1.70. The van der Waals surface area contributed by atoms with E-state index in [0.29, 0.717) is 11.7 Å². The molecule has 0 saturated heterocycles. The summed E-state index contributed by atoms with van der Waals surface area (Å²) in [6.45, 7) is 0. The topological polar surface area (TPSA) is 151 Å². The van der Waals surface area contributed by atoms with E-state index in [1.807, 2.05) is 0 Å². The maximum Gasteiger partial charge on any atom is 0.326 e. The van der Waals surface area contributed by atoms with Crippen LogP contribution in [0.25, 0.3) is 0 Å². The summed E-state index contributed by atoms with van der Waals surface area (Å²) in [7, 11) is 0. The van der Waals surface area contributed by atoms with Crippen LogP contribution in [-0.4, -0.2) is 44.1 Å². The van der Waals surface area contributed by atoms with E-state index in [1.54, 1.807) is 0 Å². The molecule has 1 aromatic heterocycles. The summed E-state index contributed by atoms with van der Waals surface area (Å²) in [5.41, 5.74) is 4.95. The van der Waals surface area contributed by atoms with Crippen molar-refractivity contribution in [2.75, 3.05) is 0 Å². The number of H-pyrrole nitrogens is 1. The Morgan fingerprint density at radius 3 is 2.70 bits per heavy atom. The number of hydrogen-bond acceptors (Lipinski definition) is 5. The number of carboxylic acids is 1. The highest BCUT2D eigenvalue weighted by Crippen LogP contribution is 2.37. The van der Waals surface area contributed by atoms with Gasteiger partial charge in [-0.1, -0.05) is 0 Å². The number of carbonyl (C=O) groups is 3. The fraction of sp³-hybridized carbons (Fsp3) is 0.545. The molecule has 0 unspecified atom stereocenters. The Morgan fingerprint density at radius 1 is 1.45 bits per heavy atom. The SMILES string of the molecule is NC(=O)CC[C@H](NC(=O)c1n[nH]c(C2CC2)n1)C(=O)O. The fourth-order valence-corrected chi connectivity index (χ4v) is 1.68. The largest absolute Gasteiger partial charge is 0.480 e. The number of carbonyl (C=O) groups excluding carboxylic acids is 2. The van der Waals surface area contributed by atoms with Crippen LogP contribution < -0.4 is 11.1 Å². The van der Waals surface area contributed by atoms with Gasteiger partial charge in [0.05, 0.1) is 0 Å². The Balaban J connectivity index is 1.95. The van der Waals surface area contributed by atoms with Gasteiger partial charge in [-0.25, -0.2) is 9.78 Å². The van der Waals surface area contributed by atoms with Gasteiger partial charge in [-0.05, 0) is 19.3 Å². The summed E-state index contributed by atoms with van der Waals surface area (Å²) < 4.78 is 0. The molecule has 0 aliphatic heterocycles. The molecular formula is C11H15N5O4. The highest BCUT2D eigenvalue weighted by molar-refractivity contribution is 5.93. The Bertz CT molecular complexity index is 537. The van der Waals surface area contributed by atoms with Gasteiger partial charge in [0.1, 0.15) is 11.9 Å². The molecule has 1 aromatic rings. The number of hydrogen-bond donors (Lipinski definition) is 4. The Morgan fingerprint density at radius 2 is 2.15 bits per heavy atom. The number of rotatable bonds is 7. The van der Waals surface area contributed by atoms with Crippen molar-refractivity contribution in [1.82, 2.24) is 20.5 Å². The maximum absolute atomic E-state index is 11.8. The molecule has 108 valence electrons. The number of primary amides is 1. The molecular weight excluding hydrogens is 266 g/mol. The predicted octanol–water partition coefficient (Wildman–Crippen LogP) is -0.869. The zero-order valence-corrected chi connectivity index (χ0v) is 10.6. The van der Waals surface area contributed by atoms with Gasteiger partial charge in [-0.3, -0.25) is 14.7 Å². The van der Waals surface area contributed by atoms with Gasteiger partial charge in [0.25, 0.3) is 5.91 Å². The Hall–Kier alpha value is -2.45. The molecule has 2 amide bonds. The fourth-order valence-electron chi connectivity index (χ4n) is 1.68. The molecule has 2 rings (SSSR count). The van der Waals surface area contributed by atoms with Crippen LogP contribution in [-0.2, 0) is 9.59 Å². The molecule has 1 fully saturated rings. The summed E-state index contributed by atoms with van der Waals surface area (Å²) in [6.07, 6.45) is 1.81. The van der Waals surface area contributed by atoms with Crippen molar-refractivity contribution >= 4 is 17.8 Å². The standard InChI is InChI=1S/C11H15N5O4/c12-7(17)4-3-6(11(19)20)13-10(18)9-14-8(15-16-9)5-1-2-5/h5-6H,1-4H2,(H2,12,17)(H,13,18)(H,19,20)(H,14,15,16)/t6-/m0/s1. The van der Waals surface area contributed by atoms with E-state index in [0.717, 1.165) is 12.8 Å². The predicted molar refractivity (Wildman–Crippen MR) is 65.7 cm³/mol. The number of aromatic amines is 1. The van der Waals surface area contributed by atoms with Crippen LogP contribution in [0.2, 0.25) is 0 Å². The van der Waals surface area contributed by atoms with Gasteiger partial charge in [0.2, 0.25) is 11.7 Å². The van der Waals surface area contributed by atoms with Crippen LogP contribution in [0, 0.1) is 0 Å². The smallest absolute Gasteiger partial charge is 0.326 e. The second-order valence-corrected chi connectivity index (χ2v) is 4.69. The van der Waals surface area contributed by atoms with Crippen LogP contribution in [0.4, 0.5) is 0 Å². The monoisotopic (exact) mass is 281 g/mol. The van der Waals surface area contributed by atoms with E-state index >= 15 is 0 Å². The normalized spacial score (nSPS) is 15.6. The van der Waals surface area contributed by atoms with Crippen LogP contribution in [0.3, 0.4) is 0 Å². The molecule has 9 nitrogen and oxygen atoms in total. The molecule has 9 heteroatoms. The summed E-state index contributed by atoms with van der Waals surface area (Å²) >= 11 is 0. The van der Waals surface area contributed by atoms with Gasteiger partial charge in [0, 0.05) is 12.3 Å². The van der Waals surface area contributed by atoms with Gasteiger partial charge in [0.15, 0.2) is 0 Å². The summed E-state index contributed by atoms with van der Waals surface area (Å²) in [5, 5.41) is 17.6. The van der Waals surface area contributed by atoms with Gasteiger partial charge >= 0.3 is 5.97 Å². The minimum Gasteiger partial charge on any atom is -0.480 e. The van der Waals surface area contributed by atoms with Crippen LogP contribution in [0.15, 0.2) is 0 Å². The van der Waals surface area contributed by atoms with Crippen LogP contribution >= 0.6 is 0 Å². The number of nitrogens with one attached hydrogen (secondary N) is 2. The number of nitrogens with two attached hydrogens (primary N) is 1. The molecule has 5 N–H and O–H groups in total. The van der Waals surface area contributed by atoms with Crippen LogP contribution in [0.5, 0.6) is 0 Å². The van der Waals surface area contributed by atoms with Crippen LogP contribution in [0.1, 0.15) is 48.0 Å². The molecule has 0 aromatic carbocycles. The van der Waals surface area contributed by atoms with Gasteiger partial charge in [-0.15, -0.1) is 5.10 Å². The number of nitrogens with zero attached hydrogens (tertiary/aromatic N) is 2. The first-order chi connectivity index (χ1) is 9.47. The zero-order chi connectivity index (χ0) is 14.7. The first kappa shape index (κ1) is 14.0. The van der Waals surface area contributed by atoms with Crippen molar-refractivity contribution in [3.63, 3.8) is 0 Å². The van der Waals surface area contributed by atoms with E-state index in [1.165, 1.54) is 0 Å². The third-order valence-electron chi connectivity index (χ3n) is 2.95. The molecule has 1 heterocycles.